The van der Waals surface area contributed by atoms with Gasteiger partial charge in [0, 0.05) is 18.0 Å². The van der Waals surface area contributed by atoms with Crippen molar-refractivity contribution in [3.8, 4) is 5.75 Å². The molecule has 0 radical (unpaired) electrons. The van der Waals surface area contributed by atoms with E-state index in [1.165, 1.54) is 27.8 Å². The lowest BCUT2D eigenvalue weighted by molar-refractivity contribution is 0.404. The molecule has 0 fully saturated rings. The first-order valence-electron chi connectivity index (χ1n) is 7.37. The minimum Gasteiger partial charge on any atom is -0.496 e. The summed E-state index contributed by atoms with van der Waals surface area (Å²) in [6.07, 6.45) is 4.78. The van der Waals surface area contributed by atoms with Gasteiger partial charge in [0.2, 0.25) is 0 Å². The SMILES string of the molecule is CCc1cnccc1C(NC)c1c(C)cc(C)cc1OC. The molecule has 21 heavy (non-hydrogen) atoms. The highest BCUT2D eigenvalue weighted by Gasteiger charge is 2.21. The normalized spacial score (nSPS) is 12.2. The van der Waals surface area contributed by atoms with E-state index in [1.807, 2.05) is 19.4 Å². The van der Waals surface area contributed by atoms with Gasteiger partial charge in [-0.1, -0.05) is 13.0 Å². The fourth-order valence-electron chi connectivity index (χ4n) is 2.95. The number of methoxy groups -OCH3 is 1. The van der Waals surface area contributed by atoms with Crippen LogP contribution in [0.15, 0.2) is 30.6 Å². The Morgan fingerprint density at radius 2 is 2.05 bits per heavy atom. The van der Waals surface area contributed by atoms with Gasteiger partial charge in [0.15, 0.2) is 0 Å². The zero-order valence-corrected chi connectivity index (χ0v) is 13.5. The zero-order valence-electron chi connectivity index (χ0n) is 13.5. The second-order valence-electron chi connectivity index (χ2n) is 5.35. The van der Waals surface area contributed by atoms with Gasteiger partial charge in [0.05, 0.1) is 13.2 Å². The van der Waals surface area contributed by atoms with Crippen molar-refractivity contribution in [1.29, 1.82) is 0 Å². The lowest BCUT2D eigenvalue weighted by Crippen LogP contribution is -2.21. The molecule has 2 rings (SSSR count). The molecule has 0 spiro atoms. The standard InChI is InChI=1S/C18H24N2O/c1-6-14-11-20-8-7-15(14)18(19-4)17-13(3)9-12(2)10-16(17)21-5/h7-11,18-19H,6H2,1-5H3. The first kappa shape index (κ1) is 15.5. The van der Waals surface area contributed by atoms with Crippen molar-refractivity contribution in [2.45, 2.75) is 33.2 Å². The van der Waals surface area contributed by atoms with E-state index in [2.05, 4.69) is 49.3 Å². The highest BCUT2D eigenvalue weighted by Crippen LogP contribution is 2.34. The van der Waals surface area contributed by atoms with Gasteiger partial charge in [-0.05, 0) is 61.7 Å². The van der Waals surface area contributed by atoms with E-state index in [4.69, 9.17) is 4.74 Å². The maximum atomic E-state index is 5.63. The predicted molar refractivity (Wildman–Crippen MR) is 87.0 cm³/mol. The molecule has 1 aromatic heterocycles. The van der Waals surface area contributed by atoms with Gasteiger partial charge in [0.1, 0.15) is 5.75 Å². The minimum atomic E-state index is 0.110. The molecular weight excluding hydrogens is 260 g/mol. The molecule has 0 bridgehead atoms. The van der Waals surface area contributed by atoms with Crippen LogP contribution in [0.4, 0.5) is 0 Å². The topological polar surface area (TPSA) is 34.2 Å². The number of benzene rings is 1. The highest BCUT2D eigenvalue weighted by molar-refractivity contribution is 5.49. The molecular formula is C18H24N2O. The molecule has 1 N–H and O–H groups in total. The van der Waals surface area contributed by atoms with Crippen LogP contribution in [0.25, 0.3) is 0 Å². The zero-order chi connectivity index (χ0) is 15.4. The molecule has 0 saturated carbocycles. The Morgan fingerprint density at radius 1 is 1.29 bits per heavy atom. The van der Waals surface area contributed by atoms with Crippen LogP contribution in [0.1, 0.15) is 40.8 Å². The maximum Gasteiger partial charge on any atom is 0.124 e. The fourth-order valence-corrected chi connectivity index (χ4v) is 2.95. The maximum absolute atomic E-state index is 5.63. The van der Waals surface area contributed by atoms with Crippen LogP contribution in [-0.2, 0) is 6.42 Å². The molecule has 1 heterocycles. The lowest BCUT2D eigenvalue weighted by atomic mass is 9.90. The number of hydrogen-bond acceptors (Lipinski definition) is 3. The Bertz CT molecular complexity index is 623. The number of pyridine rings is 1. The van der Waals surface area contributed by atoms with Gasteiger partial charge in [-0.25, -0.2) is 0 Å². The average Bonchev–Trinajstić information content (AvgIpc) is 2.49. The lowest BCUT2D eigenvalue weighted by Gasteiger charge is -2.24. The Balaban J connectivity index is 2.62. The molecule has 1 atom stereocenters. The third kappa shape index (κ3) is 3.08. The van der Waals surface area contributed by atoms with Gasteiger partial charge in [-0.3, -0.25) is 4.98 Å². The molecule has 0 saturated heterocycles. The van der Waals surface area contributed by atoms with Crippen molar-refractivity contribution < 1.29 is 4.74 Å². The largest absolute Gasteiger partial charge is 0.496 e. The van der Waals surface area contributed by atoms with Crippen LogP contribution in [-0.4, -0.2) is 19.1 Å². The molecule has 0 aliphatic heterocycles. The van der Waals surface area contributed by atoms with E-state index in [-0.39, 0.29) is 6.04 Å². The van der Waals surface area contributed by atoms with Crippen LogP contribution >= 0.6 is 0 Å². The van der Waals surface area contributed by atoms with Gasteiger partial charge >= 0.3 is 0 Å². The molecule has 3 nitrogen and oxygen atoms in total. The summed E-state index contributed by atoms with van der Waals surface area (Å²) < 4.78 is 5.63. The van der Waals surface area contributed by atoms with Crippen molar-refractivity contribution in [3.63, 3.8) is 0 Å². The second kappa shape index (κ2) is 6.72. The summed E-state index contributed by atoms with van der Waals surface area (Å²) in [5.74, 6) is 0.936. The molecule has 0 aliphatic rings. The summed E-state index contributed by atoms with van der Waals surface area (Å²) >= 11 is 0. The number of rotatable bonds is 5. The van der Waals surface area contributed by atoms with Crippen LogP contribution in [0.5, 0.6) is 5.75 Å². The van der Waals surface area contributed by atoms with Crippen molar-refractivity contribution in [3.05, 3.63) is 58.4 Å². The molecule has 1 unspecified atom stereocenters. The minimum absolute atomic E-state index is 0.110. The number of ether oxygens (including phenoxy) is 1. The van der Waals surface area contributed by atoms with Crippen molar-refractivity contribution in [2.75, 3.05) is 14.2 Å². The van der Waals surface area contributed by atoms with E-state index in [0.717, 1.165) is 12.2 Å². The van der Waals surface area contributed by atoms with E-state index in [0.29, 0.717) is 0 Å². The summed E-state index contributed by atoms with van der Waals surface area (Å²) in [5, 5.41) is 3.44. The Kier molecular flexibility index (Phi) is 4.97. The molecule has 0 aliphatic carbocycles. The van der Waals surface area contributed by atoms with Crippen molar-refractivity contribution in [2.24, 2.45) is 0 Å². The first-order chi connectivity index (χ1) is 10.1. The third-order valence-electron chi connectivity index (χ3n) is 3.92. The molecule has 2 aromatic rings. The summed E-state index contributed by atoms with van der Waals surface area (Å²) in [7, 11) is 3.72. The number of nitrogens with zero attached hydrogens (tertiary/aromatic N) is 1. The highest BCUT2D eigenvalue weighted by atomic mass is 16.5. The van der Waals surface area contributed by atoms with Crippen LogP contribution in [0, 0.1) is 13.8 Å². The average molecular weight is 284 g/mol. The number of aromatic nitrogens is 1. The van der Waals surface area contributed by atoms with Gasteiger partial charge < -0.3 is 10.1 Å². The third-order valence-corrected chi connectivity index (χ3v) is 3.92. The summed E-state index contributed by atoms with van der Waals surface area (Å²) in [6, 6.07) is 6.51. The van der Waals surface area contributed by atoms with Crippen LogP contribution in [0.3, 0.4) is 0 Å². The first-order valence-corrected chi connectivity index (χ1v) is 7.37. The fraction of sp³-hybridized carbons (Fsp3) is 0.389. The number of hydrogen-bond donors (Lipinski definition) is 1. The Morgan fingerprint density at radius 3 is 2.67 bits per heavy atom. The molecule has 3 heteroatoms. The van der Waals surface area contributed by atoms with E-state index in [1.54, 1.807) is 7.11 Å². The summed E-state index contributed by atoms with van der Waals surface area (Å²) in [5.41, 5.74) is 6.18. The monoisotopic (exact) mass is 284 g/mol. The van der Waals surface area contributed by atoms with E-state index in [9.17, 15) is 0 Å². The summed E-state index contributed by atoms with van der Waals surface area (Å²) in [4.78, 5) is 4.25. The number of nitrogens with one attached hydrogen (secondary N) is 1. The van der Waals surface area contributed by atoms with Crippen LogP contribution in [0.2, 0.25) is 0 Å². The van der Waals surface area contributed by atoms with E-state index < -0.39 is 0 Å². The van der Waals surface area contributed by atoms with Crippen molar-refractivity contribution >= 4 is 0 Å². The predicted octanol–water partition coefficient (Wildman–Crippen LogP) is 3.58. The molecule has 1 aromatic carbocycles. The smallest absolute Gasteiger partial charge is 0.124 e. The second-order valence-corrected chi connectivity index (χ2v) is 5.35. The van der Waals surface area contributed by atoms with Gasteiger partial charge in [-0.15, -0.1) is 0 Å². The molecule has 112 valence electrons. The molecule has 0 amide bonds. The van der Waals surface area contributed by atoms with Gasteiger partial charge in [0.25, 0.3) is 0 Å². The Labute approximate surface area is 127 Å². The quantitative estimate of drug-likeness (QED) is 0.911. The summed E-state index contributed by atoms with van der Waals surface area (Å²) in [6.45, 7) is 6.39. The Hall–Kier alpha value is -1.87. The van der Waals surface area contributed by atoms with Crippen molar-refractivity contribution in [1.82, 2.24) is 10.3 Å². The van der Waals surface area contributed by atoms with Crippen LogP contribution < -0.4 is 10.1 Å². The van der Waals surface area contributed by atoms with E-state index >= 15 is 0 Å². The number of aryl methyl sites for hydroxylation is 3. The van der Waals surface area contributed by atoms with Gasteiger partial charge in [-0.2, -0.15) is 0 Å².